The van der Waals surface area contributed by atoms with E-state index in [0.717, 1.165) is 12.1 Å². The van der Waals surface area contributed by atoms with Crippen molar-refractivity contribution in [2.45, 2.75) is 25.4 Å². The molecular weight excluding hydrogens is 229 g/mol. The first-order valence-electron chi connectivity index (χ1n) is 5.26. The summed E-state index contributed by atoms with van der Waals surface area (Å²) in [6.07, 6.45) is -1.19. The van der Waals surface area contributed by atoms with Crippen LogP contribution in [0.15, 0.2) is 36.9 Å². The van der Waals surface area contributed by atoms with E-state index in [9.17, 15) is 18.0 Å². The van der Waals surface area contributed by atoms with Gasteiger partial charge in [-0.2, -0.15) is 13.2 Å². The minimum absolute atomic E-state index is 0.115. The molecule has 1 aromatic carbocycles. The van der Waals surface area contributed by atoms with E-state index < -0.39 is 11.7 Å². The Kier molecular flexibility index (Phi) is 4.49. The third-order valence-corrected chi connectivity index (χ3v) is 2.32. The van der Waals surface area contributed by atoms with Crippen LogP contribution in [0.2, 0.25) is 0 Å². The molecule has 0 fully saturated rings. The highest BCUT2D eigenvalue weighted by Gasteiger charge is 2.30. The molecule has 1 aromatic rings. The first-order valence-corrected chi connectivity index (χ1v) is 5.26. The van der Waals surface area contributed by atoms with Crippen molar-refractivity contribution in [3.05, 3.63) is 48.0 Å². The summed E-state index contributed by atoms with van der Waals surface area (Å²) in [4.78, 5) is 11.6. The van der Waals surface area contributed by atoms with Crippen LogP contribution in [0.5, 0.6) is 0 Å². The van der Waals surface area contributed by atoms with Gasteiger partial charge in [-0.15, -0.1) is 6.58 Å². The number of carbonyl (C=O) groups is 1. The van der Waals surface area contributed by atoms with Gasteiger partial charge in [0, 0.05) is 12.0 Å². The van der Waals surface area contributed by atoms with Gasteiger partial charge < -0.3 is 0 Å². The molecule has 0 atom stereocenters. The first kappa shape index (κ1) is 13.5. The van der Waals surface area contributed by atoms with Crippen LogP contribution in [-0.4, -0.2) is 5.78 Å². The second-order valence-electron chi connectivity index (χ2n) is 3.68. The number of alkyl halides is 3. The van der Waals surface area contributed by atoms with Gasteiger partial charge in [0.2, 0.25) is 0 Å². The molecule has 0 aliphatic rings. The van der Waals surface area contributed by atoms with Gasteiger partial charge in [0.05, 0.1) is 5.56 Å². The fraction of sp³-hybridized carbons (Fsp3) is 0.308. The van der Waals surface area contributed by atoms with E-state index in [1.807, 2.05) is 0 Å². The van der Waals surface area contributed by atoms with Gasteiger partial charge in [-0.3, -0.25) is 4.79 Å². The Morgan fingerprint density at radius 2 is 2.06 bits per heavy atom. The smallest absolute Gasteiger partial charge is 0.294 e. The second kappa shape index (κ2) is 5.66. The number of benzene rings is 1. The topological polar surface area (TPSA) is 17.1 Å². The molecule has 1 rings (SSSR count). The third kappa shape index (κ3) is 4.06. The molecule has 0 radical (unpaired) electrons. The van der Waals surface area contributed by atoms with Crippen LogP contribution in [0.1, 0.15) is 35.2 Å². The molecule has 0 aliphatic heterocycles. The molecule has 0 amide bonds. The van der Waals surface area contributed by atoms with E-state index >= 15 is 0 Å². The molecule has 17 heavy (non-hydrogen) atoms. The summed E-state index contributed by atoms with van der Waals surface area (Å²) in [5.41, 5.74) is -0.670. The lowest BCUT2D eigenvalue weighted by Crippen LogP contribution is -2.07. The van der Waals surface area contributed by atoms with Crippen molar-refractivity contribution in [2.24, 2.45) is 0 Å². The van der Waals surface area contributed by atoms with Gasteiger partial charge in [-0.05, 0) is 25.0 Å². The van der Waals surface area contributed by atoms with Gasteiger partial charge >= 0.3 is 6.18 Å². The number of Topliss-reactive ketones (excluding diaryl/α,β-unsaturated/α-hetero) is 1. The number of hydrogen-bond acceptors (Lipinski definition) is 1. The van der Waals surface area contributed by atoms with E-state index in [1.54, 1.807) is 6.08 Å². The van der Waals surface area contributed by atoms with Crippen LogP contribution in [0.3, 0.4) is 0 Å². The number of unbranched alkanes of at least 4 members (excludes halogenated alkanes) is 1. The molecule has 0 aromatic heterocycles. The summed E-state index contributed by atoms with van der Waals surface area (Å²) in [6, 6.07) is 4.52. The minimum atomic E-state index is -4.41. The highest BCUT2D eigenvalue weighted by Crippen LogP contribution is 2.29. The van der Waals surface area contributed by atoms with Crippen LogP contribution in [0.25, 0.3) is 0 Å². The van der Waals surface area contributed by atoms with Crippen molar-refractivity contribution >= 4 is 5.78 Å². The van der Waals surface area contributed by atoms with E-state index in [4.69, 9.17) is 0 Å². The predicted molar refractivity (Wildman–Crippen MR) is 59.8 cm³/mol. The van der Waals surface area contributed by atoms with Gasteiger partial charge in [0.25, 0.3) is 0 Å². The Morgan fingerprint density at radius 1 is 1.35 bits per heavy atom. The number of halogens is 3. The third-order valence-electron chi connectivity index (χ3n) is 2.32. The quantitative estimate of drug-likeness (QED) is 0.428. The van der Waals surface area contributed by atoms with Crippen molar-refractivity contribution in [1.82, 2.24) is 0 Å². The van der Waals surface area contributed by atoms with E-state index in [1.165, 1.54) is 12.1 Å². The number of rotatable bonds is 5. The fourth-order valence-electron chi connectivity index (χ4n) is 1.42. The Labute approximate surface area is 98.0 Å². The highest BCUT2D eigenvalue weighted by atomic mass is 19.4. The maximum Gasteiger partial charge on any atom is 0.416 e. The normalized spacial score (nSPS) is 11.2. The van der Waals surface area contributed by atoms with Crippen LogP contribution in [0, 0.1) is 0 Å². The zero-order valence-electron chi connectivity index (χ0n) is 9.26. The molecule has 0 saturated carbocycles. The van der Waals surface area contributed by atoms with Crippen molar-refractivity contribution in [2.75, 3.05) is 0 Å². The van der Waals surface area contributed by atoms with Crippen molar-refractivity contribution in [3.8, 4) is 0 Å². The summed E-state index contributed by atoms with van der Waals surface area (Å²) in [6.45, 7) is 3.52. The van der Waals surface area contributed by atoms with Gasteiger partial charge in [0.1, 0.15) is 0 Å². The van der Waals surface area contributed by atoms with Crippen LogP contribution in [-0.2, 0) is 6.18 Å². The molecule has 1 nitrogen and oxygen atoms in total. The Balaban J connectivity index is 2.78. The monoisotopic (exact) mass is 242 g/mol. The van der Waals surface area contributed by atoms with E-state index in [2.05, 4.69) is 6.58 Å². The largest absolute Gasteiger partial charge is 0.416 e. The highest BCUT2D eigenvalue weighted by molar-refractivity contribution is 5.96. The molecular formula is C13H13F3O. The Bertz CT molecular complexity index is 407. The van der Waals surface area contributed by atoms with Crippen molar-refractivity contribution < 1.29 is 18.0 Å². The van der Waals surface area contributed by atoms with Gasteiger partial charge in [-0.1, -0.05) is 18.2 Å². The average molecular weight is 242 g/mol. The number of hydrogen-bond donors (Lipinski definition) is 0. The fourth-order valence-corrected chi connectivity index (χ4v) is 1.42. The lowest BCUT2D eigenvalue weighted by molar-refractivity contribution is -0.137. The number of ketones is 1. The first-order chi connectivity index (χ1) is 7.95. The summed E-state index contributed by atoms with van der Waals surface area (Å²) in [7, 11) is 0. The van der Waals surface area contributed by atoms with Gasteiger partial charge in [0.15, 0.2) is 5.78 Å². The molecule has 0 bridgehead atoms. The Hall–Kier alpha value is -1.58. The average Bonchev–Trinajstić information content (AvgIpc) is 2.28. The van der Waals surface area contributed by atoms with Crippen molar-refractivity contribution in [3.63, 3.8) is 0 Å². The number of carbonyl (C=O) groups excluding carboxylic acids is 1. The summed E-state index contributed by atoms with van der Waals surface area (Å²) >= 11 is 0. The molecule has 0 N–H and O–H groups in total. The lowest BCUT2D eigenvalue weighted by Gasteiger charge is -2.07. The second-order valence-corrected chi connectivity index (χ2v) is 3.68. The maximum absolute atomic E-state index is 12.4. The molecule has 0 unspecified atom stereocenters. The molecule has 92 valence electrons. The van der Waals surface area contributed by atoms with Gasteiger partial charge in [-0.25, -0.2) is 0 Å². The molecule has 0 aliphatic carbocycles. The van der Waals surface area contributed by atoms with Crippen LogP contribution < -0.4 is 0 Å². The predicted octanol–water partition coefficient (Wildman–Crippen LogP) is 4.24. The van der Waals surface area contributed by atoms with Crippen LogP contribution >= 0.6 is 0 Å². The minimum Gasteiger partial charge on any atom is -0.294 e. The molecule has 0 saturated heterocycles. The standard InChI is InChI=1S/C13H13F3O/c1-2-3-4-8-12(17)10-6-5-7-11(9-10)13(14,15)16/h2,5-7,9H,1,3-4,8H2. The maximum atomic E-state index is 12.4. The van der Waals surface area contributed by atoms with Crippen molar-refractivity contribution in [1.29, 1.82) is 0 Å². The Morgan fingerprint density at radius 3 is 2.65 bits per heavy atom. The zero-order valence-corrected chi connectivity index (χ0v) is 9.26. The summed E-state index contributed by atoms with van der Waals surface area (Å²) < 4.78 is 37.2. The van der Waals surface area contributed by atoms with E-state index in [0.29, 0.717) is 12.8 Å². The SMILES string of the molecule is C=CCCCC(=O)c1cccc(C(F)(F)F)c1. The number of allylic oxidation sites excluding steroid dienone is 1. The summed E-state index contributed by atoms with van der Waals surface area (Å²) in [5, 5.41) is 0. The van der Waals surface area contributed by atoms with Crippen LogP contribution in [0.4, 0.5) is 13.2 Å². The molecule has 0 heterocycles. The molecule has 4 heteroatoms. The van der Waals surface area contributed by atoms with E-state index in [-0.39, 0.29) is 17.8 Å². The molecule has 0 spiro atoms. The summed E-state index contributed by atoms with van der Waals surface area (Å²) in [5.74, 6) is -0.266. The zero-order chi connectivity index (χ0) is 12.9. The lowest BCUT2D eigenvalue weighted by atomic mass is 10.0.